The number of sulfonamides is 1. The van der Waals surface area contributed by atoms with Crippen LogP contribution in [0.5, 0.6) is 0 Å². The smallest absolute Gasteiger partial charge is 0.211 e. The molecule has 0 aromatic carbocycles. The molecule has 0 amide bonds. The number of aryl methyl sites for hydroxylation is 1. The van der Waals surface area contributed by atoms with Crippen LogP contribution in [0.3, 0.4) is 0 Å². The van der Waals surface area contributed by atoms with Crippen LogP contribution < -0.4 is 10.0 Å². The van der Waals surface area contributed by atoms with Gasteiger partial charge in [-0.05, 0) is 32.4 Å². The number of aromatic nitrogens is 3. The second-order valence-electron chi connectivity index (χ2n) is 4.29. The first-order chi connectivity index (χ1) is 9.14. The van der Waals surface area contributed by atoms with Crippen LogP contribution in [0.25, 0.3) is 0 Å². The van der Waals surface area contributed by atoms with Crippen molar-refractivity contribution in [3.05, 3.63) is 12.4 Å². The maximum atomic E-state index is 11.7. The normalized spacial score (nSPS) is 11.8. The summed E-state index contributed by atoms with van der Waals surface area (Å²) in [5.74, 6) is 0.196. The van der Waals surface area contributed by atoms with Gasteiger partial charge in [0.25, 0.3) is 0 Å². The number of nitrogens with zero attached hydrogens (tertiary/aromatic N) is 3. The second-order valence-corrected chi connectivity index (χ2v) is 6.22. The Balaban J connectivity index is 2.06. The molecule has 0 fully saturated rings. The molecule has 0 spiro atoms. The van der Waals surface area contributed by atoms with Gasteiger partial charge in [0.2, 0.25) is 10.0 Å². The van der Waals surface area contributed by atoms with E-state index in [4.69, 9.17) is 0 Å². The van der Waals surface area contributed by atoms with Gasteiger partial charge in [0.05, 0.1) is 11.9 Å². The van der Waals surface area contributed by atoms with Gasteiger partial charge in [-0.2, -0.15) is 0 Å². The highest BCUT2D eigenvalue weighted by Gasteiger charge is 2.08. The number of unbranched alkanes of at least 4 members (excludes halogenated alkanes) is 1. The molecule has 0 atom stereocenters. The van der Waals surface area contributed by atoms with E-state index in [0.29, 0.717) is 25.9 Å². The molecule has 1 aromatic heterocycles. The van der Waals surface area contributed by atoms with Crippen molar-refractivity contribution in [2.45, 2.75) is 32.7 Å². The zero-order valence-electron chi connectivity index (χ0n) is 11.4. The Morgan fingerprint density at radius 2 is 2.05 bits per heavy atom. The largest absolute Gasteiger partial charge is 0.317 e. The molecular weight excluding hydrogens is 266 g/mol. The third-order valence-corrected chi connectivity index (χ3v) is 4.09. The average molecular weight is 289 g/mol. The summed E-state index contributed by atoms with van der Waals surface area (Å²) in [5, 5.41) is 10.7. The van der Waals surface area contributed by atoms with Gasteiger partial charge < -0.3 is 5.32 Å². The van der Waals surface area contributed by atoms with Gasteiger partial charge in [0, 0.05) is 19.3 Å². The molecule has 0 radical (unpaired) electrons. The van der Waals surface area contributed by atoms with Crippen molar-refractivity contribution in [1.82, 2.24) is 25.0 Å². The Labute approximate surface area is 114 Å². The summed E-state index contributed by atoms with van der Waals surface area (Å²) in [6.45, 7) is 4.94. The van der Waals surface area contributed by atoms with E-state index in [2.05, 4.69) is 20.4 Å². The molecular formula is C11H23N5O2S. The van der Waals surface area contributed by atoms with Crippen LogP contribution in [-0.4, -0.2) is 48.8 Å². The summed E-state index contributed by atoms with van der Waals surface area (Å²) in [5.41, 5.74) is 0. The van der Waals surface area contributed by atoms with Crippen molar-refractivity contribution in [2.24, 2.45) is 0 Å². The van der Waals surface area contributed by atoms with Gasteiger partial charge in [-0.1, -0.05) is 12.1 Å². The molecule has 8 heteroatoms. The minimum absolute atomic E-state index is 0.196. The Morgan fingerprint density at radius 1 is 1.21 bits per heavy atom. The summed E-state index contributed by atoms with van der Waals surface area (Å²) in [6, 6.07) is 0. The number of rotatable bonds is 11. The summed E-state index contributed by atoms with van der Waals surface area (Å²) >= 11 is 0. The fourth-order valence-electron chi connectivity index (χ4n) is 1.61. The van der Waals surface area contributed by atoms with Crippen LogP contribution in [0, 0.1) is 0 Å². The van der Waals surface area contributed by atoms with E-state index in [1.54, 1.807) is 17.1 Å². The predicted molar refractivity (Wildman–Crippen MR) is 74.2 cm³/mol. The number of hydrogen-bond acceptors (Lipinski definition) is 5. The molecule has 0 aliphatic rings. The first-order valence-electron chi connectivity index (χ1n) is 6.66. The van der Waals surface area contributed by atoms with Crippen molar-refractivity contribution in [1.29, 1.82) is 0 Å². The molecule has 2 N–H and O–H groups in total. The van der Waals surface area contributed by atoms with Crippen molar-refractivity contribution >= 4 is 10.0 Å². The zero-order chi connectivity index (χ0) is 14.0. The maximum absolute atomic E-state index is 11.7. The first kappa shape index (κ1) is 16.1. The Morgan fingerprint density at radius 3 is 2.74 bits per heavy atom. The topological polar surface area (TPSA) is 88.9 Å². The zero-order valence-corrected chi connectivity index (χ0v) is 12.2. The molecule has 0 saturated heterocycles. The molecule has 19 heavy (non-hydrogen) atoms. The standard InChI is InChI=1S/C11H23N5O2S/c1-2-12-6-3-4-11-19(17,18)14-7-5-9-16-10-8-13-15-16/h8,10,12,14H,2-7,9,11H2,1H3. The molecule has 0 bridgehead atoms. The number of hydrogen-bond donors (Lipinski definition) is 2. The highest BCUT2D eigenvalue weighted by atomic mass is 32.2. The molecule has 7 nitrogen and oxygen atoms in total. The monoisotopic (exact) mass is 289 g/mol. The Kier molecular flexibility index (Phi) is 7.61. The highest BCUT2D eigenvalue weighted by molar-refractivity contribution is 7.89. The average Bonchev–Trinajstić information content (AvgIpc) is 2.87. The lowest BCUT2D eigenvalue weighted by atomic mass is 10.3. The predicted octanol–water partition coefficient (Wildman–Crippen LogP) is -0.0227. The molecule has 0 aliphatic heterocycles. The van der Waals surface area contributed by atoms with E-state index in [-0.39, 0.29) is 5.75 Å². The van der Waals surface area contributed by atoms with E-state index in [1.807, 2.05) is 6.92 Å². The van der Waals surface area contributed by atoms with Gasteiger partial charge in [-0.3, -0.25) is 4.68 Å². The molecule has 1 rings (SSSR count). The van der Waals surface area contributed by atoms with Crippen molar-refractivity contribution < 1.29 is 8.42 Å². The number of nitrogens with one attached hydrogen (secondary N) is 2. The molecule has 1 heterocycles. The lowest BCUT2D eigenvalue weighted by Gasteiger charge is -2.06. The minimum atomic E-state index is -3.13. The van der Waals surface area contributed by atoms with Gasteiger partial charge in [0.1, 0.15) is 0 Å². The highest BCUT2D eigenvalue weighted by Crippen LogP contribution is 1.95. The molecule has 0 saturated carbocycles. The fourth-order valence-corrected chi connectivity index (χ4v) is 2.80. The van der Waals surface area contributed by atoms with E-state index in [9.17, 15) is 8.42 Å². The van der Waals surface area contributed by atoms with Gasteiger partial charge >= 0.3 is 0 Å². The summed E-state index contributed by atoms with van der Waals surface area (Å²) in [7, 11) is -3.13. The Hall–Kier alpha value is -0.990. The van der Waals surface area contributed by atoms with E-state index in [1.165, 1.54) is 0 Å². The Bertz CT molecular complexity index is 418. The third kappa shape index (κ3) is 7.91. The SMILES string of the molecule is CCNCCCCS(=O)(=O)NCCCn1ccnn1. The van der Waals surface area contributed by atoms with Crippen molar-refractivity contribution in [3.63, 3.8) is 0 Å². The van der Waals surface area contributed by atoms with Crippen LogP contribution in [0.15, 0.2) is 12.4 Å². The van der Waals surface area contributed by atoms with Crippen LogP contribution in [0.2, 0.25) is 0 Å². The van der Waals surface area contributed by atoms with Crippen LogP contribution in [0.4, 0.5) is 0 Å². The summed E-state index contributed by atoms with van der Waals surface area (Å²) in [6.07, 6.45) is 5.64. The second kappa shape index (κ2) is 9.00. The van der Waals surface area contributed by atoms with Crippen molar-refractivity contribution in [3.8, 4) is 0 Å². The lowest BCUT2D eigenvalue weighted by molar-refractivity contribution is 0.540. The maximum Gasteiger partial charge on any atom is 0.211 e. The molecule has 0 aliphatic carbocycles. The quantitative estimate of drug-likeness (QED) is 0.559. The van der Waals surface area contributed by atoms with E-state index < -0.39 is 10.0 Å². The van der Waals surface area contributed by atoms with E-state index >= 15 is 0 Å². The third-order valence-electron chi connectivity index (χ3n) is 2.62. The molecule has 1 aromatic rings. The van der Waals surface area contributed by atoms with Gasteiger partial charge in [-0.15, -0.1) is 5.10 Å². The lowest BCUT2D eigenvalue weighted by Crippen LogP contribution is -2.28. The van der Waals surface area contributed by atoms with Crippen LogP contribution in [-0.2, 0) is 16.6 Å². The van der Waals surface area contributed by atoms with E-state index in [0.717, 1.165) is 19.5 Å². The summed E-state index contributed by atoms with van der Waals surface area (Å²) in [4.78, 5) is 0. The fraction of sp³-hybridized carbons (Fsp3) is 0.818. The first-order valence-corrected chi connectivity index (χ1v) is 8.31. The van der Waals surface area contributed by atoms with Crippen LogP contribution in [0.1, 0.15) is 26.2 Å². The molecule has 110 valence electrons. The summed E-state index contributed by atoms with van der Waals surface area (Å²) < 4.78 is 27.6. The molecule has 0 unspecified atom stereocenters. The van der Waals surface area contributed by atoms with Gasteiger partial charge in [-0.25, -0.2) is 13.1 Å². The van der Waals surface area contributed by atoms with Crippen LogP contribution >= 0.6 is 0 Å². The van der Waals surface area contributed by atoms with Crippen molar-refractivity contribution in [2.75, 3.05) is 25.4 Å². The van der Waals surface area contributed by atoms with Gasteiger partial charge in [0.15, 0.2) is 0 Å². The minimum Gasteiger partial charge on any atom is -0.317 e.